The molecule has 0 amide bonds. The highest BCUT2D eigenvalue weighted by Crippen LogP contribution is 2.30. The first kappa shape index (κ1) is 15.7. The van der Waals surface area contributed by atoms with Gasteiger partial charge in [-0.05, 0) is 31.6 Å². The van der Waals surface area contributed by atoms with Crippen molar-refractivity contribution >= 4 is 10.2 Å². The smallest absolute Gasteiger partial charge is 0.282 e. The first-order valence-corrected chi connectivity index (χ1v) is 9.92. The lowest BCUT2D eigenvalue weighted by atomic mass is 9.96. The third-order valence-corrected chi connectivity index (χ3v) is 7.37. The predicted octanol–water partition coefficient (Wildman–Crippen LogP) is 1.52. The van der Waals surface area contributed by atoms with Crippen LogP contribution in [0.2, 0.25) is 0 Å². The van der Waals surface area contributed by atoms with Crippen LogP contribution in [0.4, 0.5) is 0 Å². The van der Waals surface area contributed by atoms with Crippen molar-refractivity contribution in [3.05, 3.63) is 0 Å². The Bertz CT molecular complexity index is 436. The van der Waals surface area contributed by atoms with Crippen molar-refractivity contribution in [3.63, 3.8) is 0 Å². The number of piperazine rings is 1. The molecular formula is C15H29N3O2S. The molecule has 6 heteroatoms. The van der Waals surface area contributed by atoms with Gasteiger partial charge >= 0.3 is 0 Å². The molecule has 5 nitrogen and oxygen atoms in total. The Hall–Kier alpha value is -0.170. The Balaban J connectivity index is 1.54. The van der Waals surface area contributed by atoms with Crippen LogP contribution in [0.1, 0.15) is 44.9 Å². The summed E-state index contributed by atoms with van der Waals surface area (Å²) in [5.74, 6) is 0.887. The van der Waals surface area contributed by atoms with Gasteiger partial charge in [0.15, 0.2) is 0 Å². The molecule has 0 N–H and O–H groups in total. The van der Waals surface area contributed by atoms with E-state index in [0.29, 0.717) is 13.1 Å². The summed E-state index contributed by atoms with van der Waals surface area (Å²) in [5, 5.41) is 0. The molecule has 1 saturated heterocycles. The van der Waals surface area contributed by atoms with Crippen molar-refractivity contribution in [2.45, 2.75) is 51.0 Å². The van der Waals surface area contributed by atoms with Crippen molar-refractivity contribution in [2.75, 3.05) is 39.8 Å². The highest BCUT2D eigenvalue weighted by atomic mass is 32.2. The summed E-state index contributed by atoms with van der Waals surface area (Å²) in [5.41, 5.74) is 0. The molecule has 0 bridgehead atoms. The first-order valence-electron chi connectivity index (χ1n) is 8.53. The number of nitrogens with zero attached hydrogens (tertiary/aromatic N) is 3. The lowest BCUT2D eigenvalue weighted by Gasteiger charge is -2.38. The number of hydrogen-bond acceptors (Lipinski definition) is 3. The average molecular weight is 315 g/mol. The first-order chi connectivity index (χ1) is 10.1. The normalized spacial score (nSPS) is 27.3. The van der Waals surface area contributed by atoms with E-state index in [1.807, 2.05) is 0 Å². The van der Waals surface area contributed by atoms with Crippen LogP contribution >= 0.6 is 0 Å². The quantitative estimate of drug-likeness (QED) is 0.773. The second-order valence-electron chi connectivity index (χ2n) is 6.96. The molecule has 0 aromatic carbocycles. The topological polar surface area (TPSA) is 43.9 Å². The molecule has 3 aliphatic rings. The Morgan fingerprint density at radius 3 is 2.14 bits per heavy atom. The van der Waals surface area contributed by atoms with E-state index in [1.165, 1.54) is 38.6 Å². The molecule has 0 aromatic heterocycles. The Morgan fingerprint density at radius 2 is 1.57 bits per heavy atom. The SMILES string of the molecule is CN(C1CCCCC1)S(=O)(=O)N1CCN(CC2CC2)CC1. The van der Waals surface area contributed by atoms with Crippen molar-refractivity contribution in [2.24, 2.45) is 5.92 Å². The minimum Gasteiger partial charge on any atom is -0.300 e. The van der Waals surface area contributed by atoms with E-state index in [9.17, 15) is 8.42 Å². The molecule has 0 spiro atoms. The minimum atomic E-state index is -3.26. The van der Waals surface area contributed by atoms with E-state index in [2.05, 4.69) is 4.90 Å². The van der Waals surface area contributed by atoms with Gasteiger partial charge in [0, 0.05) is 45.8 Å². The van der Waals surface area contributed by atoms with Crippen LogP contribution in [-0.2, 0) is 10.2 Å². The van der Waals surface area contributed by atoms with Crippen LogP contribution in [0.15, 0.2) is 0 Å². The van der Waals surface area contributed by atoms with Crippen molar-refractivity contribution in [1.82, 2.24) is 13.5 Å². The number of rotatable bonds is 5. The van der Waals surface area contributed by atoms with Gasteiger partial charge in [0.2, 0.25) is 0 Å². The van der Waals surface area contributed by atoms with Gasteiger partial charge in [-0.25, -0.2) is 0 Å². The van der Waals surface area contributed by atoms with E-state index in [-0.39, 0.29) is 6.04 Å². The Labute approximate surface area is 129 Å². The number of hydrogen-bond donors (Lipinski definition) is 0. The van der Waals surface area contributed by atoms with E-state index >= 15 is 0 Å². The Kier molecular flexibility index (Phi) is 4.88. The highest BCUT2D eigenvalue weighted by Gasteiger charge is 2.35. The van der Waals surface area contributed by atoms with Gasteiger partial charge in [-0.1, -0.05) is 19.3 Å². The summed E-state index contributed by atoms with van der Waals surface area (Å²) in [6.07, 6.45) is 8.37. The second-order valence-corrected chi connectivity index (χ2v) is 8.95. The predicted molar refractivity (Wildman–Crippen MR) is 84.3 cm³/mol. The van der Waals surface area contributed by atoms with Crippen LogP contribution in [0.5, 0.6) is 0 Å². The Morgan fingerprint density at radius 1 is 0.952 bits per heavy atom. The standard InChI is InChI=1S/C15H29N3O2S/c1-16(15-5-3-2-4-6-15)21(19,20)18-11-9-17(10-12-18)13-14-7-8-14/h14-15H,2-13H2,1H3. The summed E-state index contributed by atoms with van der Waals surface area (Å²) in [6, 6.07) is 0.216. The maximum Gasteiger partial charge on any atom is 0.282 e. The van der Waals surface area contributed by atoms with E-state index in [1.54, 1.807) is 15.7 Å². The van der Waals surface area contributed by atoms with E-state index < -0.39 is 10.2 Å². The van der Waals surface area contributed by atoms with Crippen LogP contribution in [0.25, 0.3) is 0 Å². The third kappa shape index (κ3) is 3.78. The molecule has 2 aliphatic carbocycles. The molecule has 0 atom stereocenters. The van der Waals surface area contributed by atoms with Crippen LogP contribution in [0.3, 0.4) is 0 Å². The molecule has 0 radical (unpaired) electrons. The summed E-state index contributed by atoms with van der Waals surface area (Å²) in [4.78, 5) is 2.43. The van der Waals surface area contributed by atoms with Crippen LogP contribution in [0, 0.1) is 5.92 Å². The lowest BCUT2D eigenvalue weighted by Crippen LogP contribution is -2.54. The van der Waals surface area contributed by atoms with E-state index in [0.717, 1.165) is 31.8 Å². The molecule has 0 unspecified atom stereocenters. The minimum absolute atomic E-state index is 0.216. The van der Waals surface area contributed by atoms with Crippen molar-refractivity contribution < 1.29 is 8.42 Å². The monoisotopic (exact) mass is 315 g/mol. The van der Waals surface area contributed by atoms with Crippen LogP contribution in [-0.4, -0.2) is 67.7 Å². The van der Waals surface area contributed by atoms with Gasteiger partial charge in [-0.3, -0.25) is 0 Å². The summed E-state index contributed by atoms with van der Waals surface area (Å²) in [6.45, 7) is 4.28. The highest BCUT2D eigenvalue weighted by molar-refractivity contribution is 7.86. The second kappa shape index (κ2) is 6.52. The van der Waals surface area contributed by atoms with Gasteiger partial charge in [0.25, 0.3) is 10.2 Å². The fraction of sp³-hybridized carbons (Fsp3) is 1.00. The molecule has 0 aromatic rings. The van der Waals surface area contributed by atoms with Crippen molar-refractivity contribution in [3.8, 4) is 0 Å². The summed E-state index contributed by atoms with van der Waals surface area (Å²) < 4.78 is 28.9. The molecule has 3 fully saturated rings. The largest absolute Gasteiger partial charge is 0.300 e. The maximum atomic E-state index is 12.8. The molecule has 122 valence electrons. The van der Waals surface area contributed by atoms with Gasteiger partial charge in [0.1, 0.15) is 0 Å². The third-order valence-electron chi connectivity index (χ3n) is 5.32. The van der Waals surface area contributed by atoms with Gasteiger partial charge in [-0.15, -0.1) is 0 Å². The van der Waals surface area contributed by atoms with Crippen LogP contribution < -0.4 is 0 Å². The maximum absolute atomic E-state index is 12.8. The molecule has 1 heterocycles. The lowest BCUT2D eigenvalue weighted by molar-refractivity contribution is 0.171. The summed E-state index contributed by atoms with van der Waals surface area (Å²) >= 11 is 0. The zero-order valence-electron chi connectivity index (χ0n) is 13.2. The average Bonchev–Trinajstić information content (AvgIpc) is 3.32. The fourth-order valence-electron chi connectivity index (χ4n) is 3.62. The molecule has 3 rings (SSSR count). The zero-order chi connectivity index (χ0) is 14.9. The van der Waals surface area contributed by atoms with Gasteiger partial charge in [-0.2, -0.15) is 17.0 Å². The molecule has 21 heavy (non-hydrogen) atoms. The zero-order valence-corrected chi connectivity index (χ0v) is 14.0. The summed E-state index contributed by atoms with van der Waals surface area (Å²) in [7, 11) is -1.48. The van der Waals surface area contributed by atoms with E-state index in [4.69, 9.17) is 0 Å². The molecule has 1 aliphatic heterocycles. The van der Waals surface area contributed by atoms with Gasteiger partial charge < -0.3 is 4.90 Å². The van der Waals surface area contributed by atoms with Crippen molar-refractivity contribution in [1.29, 1.82) is 0 Å². The van der Waals surface area contributed by atoms with Gasteiger partial charge in [0.05, 0.1) is 0 Å². The fourth-order valence-corrected chi connectivity index (χ4v) is 5.20. The molecule has 2 saturated carbocycles. The molecular weight excluding hydrogens is 286 g/mol.